The van der Waals surface area contributed by atoms with E-state index in [0.29, 0.717) is 6.04 Å². The fourth-order valence-corrected chi connectivity index (χ4v) is 3.21. The van der Waals surface area contributed by atoms with Crippen LogP contribution in [0.2, 0.25) is 0 Å². The number of nitrogens with zero attached hydrogens (tertiary/aromatic N) is 1. The second kappa shape index (κ2) is 6.49. The lowest BCUT2D eigenvalue weighted by molar-refractivity contribution is 0.0225. The van der Waals surface area contributed by atoms with Gasteiger partial charge in [-0.1, -0.05) is 38.1 Å². The average molecular weight is 296 g/mol. The van der Waals surface area contributed by atoms with Crippen molar-refractivity contribution in [2.24, 2.45) is 0 Å². The molecule has 0 bridgehead atoms. The van der Waals surface area contributed by atoms with Crippen LogP contribution in [0, 0.1) is 0 Å². The number of ether oxygens (including phenoxy) is 1. The van der Waals surface area contributed by atoms with E-state index in [0.717, 1.165) is 37.3 Å². The number of hydrogen-bond donors (Lipinski definition) is 1. The molecule has 3 heteroatoms. The maximum absolute atomic E-state index is 6.34. The minimum atomic E-state index is -0.0594. The molecule has 0 spiro atoms. The van der Waals surface area contributed by atoms with E-state index in [4.69, 9.17) is 4.74 Å². The molecule has 0 saturated heterocycles. The Hall–Kier alpha value is -1.87. The Balaban J connectivity index is 1.82. The summed E-state index contributed by atoms with van der Waals surface area (Å²) in [6.45, 7) is 5.21. The lowest BCUT2D eigenvalue weighted by Gasteiger charge is -2.41. The van der Waals surface area contributed by atoms with Crippen molar-refractivity contribution in [1.82, 2.24) is 10.3 Å². The molecule has 1 aromatic carbocycles. The molecule has 0 amide bonds. The van der Waals surface area contributed by atoms with Crippen LogP contribution >= 0.6 is 0 Å². The number of pyridine rings is 1. The average Bonchev–Trinajstić information content (AvgIpc) is 2.60. The number of aromatic nitrogens is 1. The summed E-state index contributed by atoms with van der Waals surface area (Å²) in [5.74, 6) is 1.02. The van der Waals surface area contributed by atoms with Crippen molar-refractivity contribution in [3.8, 4) is 5.75 Å². The maximum Gasteiger partial charge on any atom is 0.124 e. The Morgan fingerprint density at radius 2 is 1.91 bits per heavy atom. The van der Waals surface area contributed by atoms with Crippen LogP contribution in [-0.2, 0) is 6.54 Å². The van der Waals surface area contributed by atoms with Crippen LogP contribution in [0.15, 0.2) is 48.7 Å². The van der Waals surface area contributed by atoms with Crippen LogP contribution in [0.25, 0.3) is 0 Å². The van der Waals surface area contributed by atoms with Crippen molar-refractivity contribution in [1.29, 1.82) is 0 Å². The van der Waals surface area contributed by atoms with Crippen molar-refractivity contribution < 1.29 is 4.74 Å². The highest BCUT2D eigenvalue weighted by atomic mass is 16.5. The summed E-state index contributed by atoms with van der Waals surface area (Å²) < 4.78 is 6.34. The molecular weight excluding hydrogens is 272 g/mol. The van der Waals surface area contributed by atoms with Gasteiger partial charge in [0.2, 0.25) is 0 Å². The van der Waals surface area contributed by atoms with Gasteiger partial charge in [0.1, 0.15) is 11.4 Å². The second-order valence-corrected chi connectivity index (χ2v) is 5.99. The van der Waals surface area contributed by atoms with E-state index in [1.54, 1.807) is 0 Å². The van der Waals surface area contributed by atoms with Gasteiger partial charge in [0.05, 0.1) is 5.69 Å². The van der Waals surface area contributed by atoms with Gasteiger partial charge in [0, 0.05) is 30.8 Å². The van der Waals surface area contributed by atoms with Crippen molar-refractivity contribution in [2.45, 2.75) is 51.3 Å². The molecule has 22 heavy (non-hydrogen) atoms. The first-order chi connectivity index (χ1) is 10.8. The van der Waals surface area contributed by atoms with Gasteiger partial charge >= 0.3 is 0 Å². The summed E-state index contributed by atoms with van der Waals surface area (Å²) in [4.78, 5) is 4.40. The second-order valence-electron chi connectivity index (χ2n) is 5.99. The van der Waals surface area contributed by atoms with Crippen LogP contribution in [0.3, 0.4) is 0 Å². The van der Waals surface area contributed by atoms with Gasteiger partial charge in [-0.15, -0.1) is 0 Å². The van der Waals surface area contributed by atoms with Gasteiger partial charge in [-0.05, 0) is 31.0 Å². The first kappa shape index (κ1) is 15.0. The minimum Gasteiger partial charge on any atom is -0.487 e. The van der Waals surface area contributed by atoms with Crippen LogP contribution in [0.4, 0.5) is 0 Å². The lowest BCUT2D eigenvalue weighted by Crippen LogP contribution is -2.43. The van der Waals surface area contributed by atoms with E-state index >= 15 is 0 Å². The summed E-state index contributed by atoms with van der Waals surface area (Å²) in [6.07, 6.45) is 4.90. The number of nitrogens with one attached hydrogen (secondary N) is 1. The molecule has 1 aromatic heterocycles. The van der Waals surface area contributed by atoms with Gasteiger partial charge in [-0.2, -0.15) is 0 Å². The van der Waals surface area contributed by atoms with Gasteiger partial charge in [-0.25, -0.2) is 0 Å². The summed E-state index contributed by atoms with van der Waals surface area (Å²) in [5.41, 5.74) is 2.27. The van der Waals surface area contributed by atoms with Gasteiger partial charge in [-0.3, -0.25) is 4.98 Å². The monoisotopic (exact) mass is 296 g/mol. The van der Waals surface area contributed by atoms with Crippen LogP contribution < -0.4 is 10.1 Å². The van der Waals surface area contributed by atoms with E-state index in [1.807, 2.05) is 18.3 Å². The summed E-state index contributed by atoms with van der Waals surface area (Å²) >= 11 is 0. The third-order valence-corrected chi connectivity index (χ3v) is 4.74. The number of hydrogen-bond acceptors (Lipinski definition) is 3. The topological polar surface area (TPSA) is 34.2 Å². The van der Waals surface area contributed by atoms with E-state index in [2.05, 4.69) is 54.5 Å². The van der Waals surface area contributed by atoms with Gasteiger partial charge < -0.3 is 10.1 Å². The number of para-hydroxylation sites is 1. The Morgan fingerprint density at radius 1 is 1.14 bits per heavy atom. The molecular formula is C19H24N2O. The predicted octanol–water partition coefficient (Wildman–Crippen LogP) is 4.25. The van der Waals surface area contributed by atoms with E-state index in [1.165, 1.54) is 5.56 Å². The zero-order valence-corrected chi connectivity index (χ0v) is 13.4. The summed E-state index contributed by atoms with van der Waals surface area (Å²) in [7, 11) is 0. The van der Waals surface area contributed by atoms with Crippen LogP contribution in [0.5, 0.6) is 5.75 Å². The van der Waals surface area contributed by atoms with E-state index in [9.17, 15) is 0 Å². The van der Waals surface area contributed by atoms with Crippen LogP contribution in [0.1, 0.15) is 50.4 Å². The molecule has 0 saturated carbocycles. The fraction of sp³-hybridized carbons (Fsp3) is 0.421. The predicted molar refractivity (Wildman–Crippen MR) is 88.8 cm³/mol. The molecule has 1 N–H and O–H groups in total. The van der Waals surface area contributed by atoms with Crippen LogP contribution in [-0.4, -0.2) is 10.6 Å². The smallest absolute Gasteiger partial charge is 0.124 e. The zero-order valence-electron chi connectivity index (χ0n) is 13.4. The summed E-state index contributed by atoms with van der Waals surface area (Å²) in [6, 6.07) is 14.7. The third kappa shape index (κ3) is 3.00. The fourth-order valence-electron chi connectivity index (χ4n) is 3.21. The van der Waals surface area contributed by atoms with Crippen molar-refractivity contribution in [2.75, 3.05) is 0 Å². The molecule has 1 aliphatic rings. The Morgan fingerprint density at radius 3 is 2.64 bits per heavy atom. The van der Waals surface area contributed by atoms with Crippen molar-refractivity contribution in [3.05, 3.63) is 59.9 Å². The van der Waals surface area contributed by atoms with Gasteiger partial charge in [0.25, 0.3) is 0 Å². The first-order valence-corrected chi connectivity index (χ1v) is 8.17. The Bertz CT molecular complexity index is 608. The molecule has 1 atom stereocenters. The quantitative estimate of drug-likeness (QED) is 0.895. The number of rotatable bonds is 5. The molecule has 2 heterocycles. The lowest BCUT2D eigenvalue weighted by atomic mass is 9.83. The Kier molecular flexibility index (Phi) is 4.44. The molecule has 0 radical (unpaired) electrons. The highest BCUT2D eigenvalue weighted by molar-refractivity contribution is 5.39. The summed E-state index contributed by atoms with van der Waals surface area (Å²) in [5, 5.41) is 3.67. The third-order valence-electron chi connectivity index (χ3n) is 4.74. The van der Waals surface area contributed by atoms with Crippen molar-refractivity contribution >= 4 is 0 Å². The normalized spacial score (nSPS) is 19.3. The SMILES string of the molecule is CCC1(CC)CC(NCc2ccccn2)c2ccccc2O1. The number of fused-ring (bicyclic) bond motifs is 1. The Labute approximate surface area is 132 Å². The molecule has 3 rings (SSSR count). The number of benzene rings is 1. The maximum atomic E-state index is 6.34. The van der Waals surface area contributed by atoms with E-state index in [-0.39, 0.29) is 5.60 Å². The first-order valence-electron chi connectivity index (χ1n) is 8.17. The molecule has 1 unspecified atom stereocenters. The minimum absolute atomic E-state index is 0.0594. The molecule has 2 aromatic rings. The van der Waals surface area contributed by atoms with Crippen molar-refractivity contribution in [3.63, 3.8) is 0 Å². The largest absolute Gasteiger partial charge is 0.487 e. The van der Waals surface area contributed by atoms with E-state index < -0.39 is 0 Å². The zero-order chi connectivity index (χ0) is 15.4. The molecule has 3 nitrogen and oxygen atoms in total. The van der Waals surface area contributed by atoms with Gasteiger partial charge in [0.15, 0.2) is 0 Å². The highest BCUT2D eigenvalue weighted by Gasteiger charge is 2.38. The standard InChI is InChI=1S/C19H24N2O/c1-3-19(4-2)13-17(16-10-5-6-11-18(16)22-19)21-14-15-9-7-8-12-20-15/h5-12,17,21H,3-4,13-14H2,1-2H3. The molecule has 116 valence electrons. The molecule has 0 aliphatic carbocycles. The molecule has 0 fully saturated rings. The highest BCUT2D eigenvalue weighted by Crippen LogP contribution is 2.42. The molecule has 1 aliphatic heterocycles.